The van der Waals surface area contributed by atoms with Gasteiger partial charge in [0.25, 0.3) is 0 Å². The van der Waals surface area contributed by atoms with Crippen molar-refractivity contribution in [2.24, 2.45) is 4.99 Å². The van der Waals surface area contributed by atoms with Gasteiger partial charge < -0.3 is 0 Å². The lowest BCUT2D eigenvalue weighted by molar-refractivity contribution is 1.05. The van der Waals surface area contributed by atoms with Gasteiger partial charge in [0, 0.05) is 41.8 Å². The van der Waals surface area contributed by atoms with E-state index in [1.165, 1.54) is 0 Å². The van der Waals surface area contributed by atoms with Crippen molar-refractivity contribution in [3.8, 4) is 0 Å². The third-order valence-electron chi connectivity index (χ3n) is 3.97. The van der Waals surface area contributed by atoms with Crippen LogP contribution in [-0.2, 0) is 0 Å². The third kappa shape index (κ3) is 6.23. The molecule has 0 unspecified atom stereocenters. The van der Waals surface area contributed by atoms with Gasteiger partial charge in [-0.1, -0.05) is 26.0 Å². The number of aliphatic imine (C=N–C) groups is 1. The average molecular weight is 426 g/mol. The van der Waals surface area contributed by atoms with Crippen molar-refractivity contribution in [2.45, 2.75) is 13.8 Å². The minimum Gasteiger partial charge on any atom is -0.298 e. The molecular weight excluding hydrogens is 402 g/mol. The van der Waals surface area contributed by atoms with Gasteiger partial charge in [-0.3, -0.25) is 20.8 Å². The molecule has 9 heteroatoms. The van der Waals surface area contributed by atoms with E-state index >= 15 is 0 Å². The Bertz CT molecular complexity index is 1070. The Balaban J connectivity index is 0.000000130. The lowest BCUT2D eigenvalue weighted by atomic mass is 10.3. The van der Waals surface area contributed by atoms with E-state index in [0.717, 1.165) is 27.7 Å². The summed E-state index contributed by atoms with van der Waals surface area (Å²) in [5, 5.41) is 9.56. The Labute approximate surface area is 185 Å². The summed E-state index contributed by atoms with van der Waals surface area (Å²) in [7, 11) is 0. The fraction of sp³-hybridized carbons (Fsp3) is 0.0870. The van der Waals surface area contributed by atoms with E-state index in [1.807, 2.05) is 56.3 Å². The second-order valence-corrected chi connectivity index (χ2v) is 5.94. The van der Waals surface area contributed by atoms with Crippen LogP contribution >= 0.6 is 0 Å². The van der Waals surface area contributed by atoms with Crippen LogP contribution in [0.5, 0.6) is 0 Å². The van der Waals surface area contributed by atoms with Gasteiger partial charge in [0.1, 0.15) is 11.9 Å². The van der Waals surface area contributed by atoms with Crippen LogP contribution < -0.4 is 10.9 Å². The molecule has 160 valence electrons. The molecule has 1 aliphatic heterocycles. The second kappa shape index (κ2) is 12.2. The number of nitrogens with one attached hydrogen (secondary N) is 2. The fourth-order valence-electron chi connectivity index (χ4n) is 2.54. The normalized spacial score (nSPS) is 10.6. The first-order valence-electron chi connectivity index (χ1n) is 10.1. The summed E-state index contributed by atoms with van der Waals surface area (Å²) in [6.45, 7) is 4.00. The summed E-state index contributed by atoms with van der Waals surface area (Å²) in [5.41, 5.74) is 9.29. The molecule has 0 atom stereocenters. The standard InChI is InChI=1S/2C7H5N3.C7H7N3.C2H6/c1-2-8-3-7-5-10-9-4-6(1)7;1-2-6-7(9-3-1)10-5-4-8-6;1-2-4-7-6(3-1)8-5-9-10-7;1-2/h2*1-5H;1-5,10H,(H,8,9);1-2H3. The van der Waals surface area contributed by atoms with Crippen molar-refractivity contribution in [3.05, 3.63) is 85.8 Å². The first-order chi connectivity index (χ1) is 15.9. The van der Waals surface area contributed by atoms with E-state index in [2.05, 4.69) is 46.0 Å². The van der Waals surface area contributed by atoms with Crippen molar-refractivity contribution >= 4 is 39.6 Å². The van der Waals surface area contributed by atoms with Crippen LogP contribution in [0, 0.1) is 0 Å². The summed E-state index contributed by atoms with van der Waals surface area (Å²) < 4.78 is 0. The summed E-state index contributed by atoms with van der Waals surface area (Å²) >= 11 is 0. The number of benzene rings is 1. The van der Waals surface area contributed by atoms with E-state index in [-0.39, 0.29) is 0 Å². The maximum absolute atomic E-state index is 4.09. The van der Waals surface area contributed by atoms with Gasteiger partial charge in [-0.25, -0.2) is 15.0 Å². The number of para-hydroxylation sites is 2. The molecule has 5 heterocycles. The van der Waals surface area contributed by atoms with Crippen LogP contribution in [0.1, 0.15) is 13.8 Å². The fourth-order valence-corrected chi connectivity index (χ4v) is 2.54. The number of hydrogen-bond acceptors (Lipinski definition) is 9. The van der Waals surface area contributed by atoms with Crippen LogP contribution in [0.25, 0.3) is 21.9 Å². The van der Waals surface area contributed by atoms with Crippen LogP contribution in [0.15, 0.2) is 90.8 Å². The summed E-state index contributed by atoms with van der Waals surface area (Å²) in [6.07, 6.45) is 13.5. The van der Waals surface area contributed by atoms with Crippen molar-refractivity contribution in [1.82, 2.24) is 35.6 Å². The molecule has 0 bridgehead atoms. The SMILES string of the molecule is C1=Nc2ccccc2NN1.CC.c1cc2cnncc2cn1.c1cnc2nccnc2c1. The van der Waals surface area contributed by atoms with Crippen molar-refractivity contribution in [1.29, 1.82) is 0 Å². The molecule has 32 heavy (non-hydrogen) atoms. The quantitative estimate of drug-likeness (QED) is 0.376. The first-order valence-corrected chi connectivity index (χ1v) is 10.1. The molecule has 0 saturated carbocycles. The lowest BCUT2D eigenvalue weighted by Gasteiger charge is -2.11. The zero-order valence-electron chi connectivity index (χ0n) is 17.8. The molecule has 9 nitrogen and oxygen atoms in total. The predicted molar refractivity (Wildman–Crippen MR) is 127 cm³/mol. The molecule has 6 rings (SSSR count). The molecule has 1 aromatic carbocycles. The van der Waals surface area contributed by atoms with Crippen LogP contribution in [-0.4, -0.2) is 36.5 Å². The Morgan fingerprint density at radius 2 is 1.47 bits per heavy atom. The van der Waals surface area contributed by atoms with E-state index in [9.17, 15) is 0 Å². The van der Waals surface area contributed by atoms with E-state index in [0.29, 0.717) is 5.65 Å². The molecule has 5 aromatic rings. The summed E-state index contributed by atoms with van der Waals surface area (Å²) in [5.74, 6) is 0. The molecule has 4 aromatic heterocycles. The molecule has 2 N–H and O–H groups in total. The maximum Gasteiger partial charge on any atom is 0.178 e. The van der Waals surface area contributed by atoms with E-state index in [1.54, 1.807) is 49.7 Å². The molecule has 0 aliphatic carbocycles. The Morgan fingerprint density at radius 1 is 0.688 bits per heavy atom. The number of nitrogens with zero attached hydrogens (tertiary/aromatic N) is 7. The summed E-state index contributed by atoms with van der Waals surface area (Å²) in [4.78, 5) is 20.1. The number of rotatable bonds is 0. The number of hydrazine groups is 1. The largest absolute Gasteiger partial charge is 0.298 e. The van der Waals surface area contributed by atoms with Crippen LogP contribution in [0.3, 0.4) is 0 Å². The highest BCUT2D eigenvalue weighted by Crippen LogP contribution is 2.23. The molecular formula is C23H23N9. The maximum atomic E-state index is 4.09. The minimum absolute atomic E-state index is 0.699. The number of hydrogen-bond donors (Lipinski definition) is 2. The van der Waals surface area contributed by atoms with Gasteiger partial charge in [0.15, 0.2) is 5.65 Å². The Morgan fingerprint density at radius 3 is 2.28 bits per heavy atom. The number of aromatic nitrogens is 6. The lowest BCUT2D eigenvalue weighted by Crippen LogP contribution is -2.21. The highest BCUT2D eigenvalue weighted by molar-refractivity contribution is 5.79. The van der Waals surface area contributed by atoms with E-state index in [4.69, 9.17) is 0 Å². The zero-order chi connectivity index (χ0) is 22.4. The third-order valence-corrected chi connectivity index (χ3v) is 3.97. The number of anilines is 1. The molecule has 0 fully saturated rings. The number of pyridine rings is 2. The van der Waals surface area contributed by atoms with Crippen molar-refractivity contribution in [3.63, 3.8) is 0 Å². The Kier molecular flexibility index (Phi) is 8.47. The molecule has 0 radical (unpaired) electrons. The average Bonchev–Trinajstić information content (AvgIpc) is 2.91. The molecule has 1 aliphatic rings. The van der Waals surface area contributed by atoms with Gasteiger partial charge >= 0.3 is 0 Å². The Hall–Kier alpha value is -4.53. The molecule has 0 saturated heterocycles. The summed E-state index contributed by atoms with van der Waals surface area (Å²) in [6, 6.07) is 13.5. The first kappa shape index (κ1) is 22.2. The van der Waals surface area contributed by atoms with Crippen LogP contribution in [0.2, 0.25) is 0 Å². The smallest absolute Gasteiger partial charge is 0.178 e. The monoisotopic (exact) mass is 425 g/mol. The zero-order valence-corrected chi connectivity index (χ0v) is 17.8. The molecule has 0 spiro atoms. The highest BCUT2D eigenvalue weighted by Gasteiger charge is 1.99. The molecule has 0 amide bonds. The minimum atomic E-state index is 0.699. The van der Waals surface area contributed by atoms with Gasteiger partial charge in [0.2, 0.25) is 0 Å². The van der Waals surface area contributed by atoms with Gasteiger partial charge in [-0.2, -0.15) is 10.2 Å². The van der Waals surface area contributed by atoms with Crippen LogP contribution in [0.4, 0.5) is 11.4 Å². The van der Waals surface area contributed by atoms with Gasteiger partial charge in [-0.05, 0) is 30.3 Å². The van der Waals surface area contributed by atoms with Crippen molar-refractivity contribution in [2.75, 3.05) is 5.43 Å². The highest BCUT2D eigenvalue weighted by atomic mass is 15.4. The van der Waals surface area contributed by atoms with Gasteiger partial charge in [0.05, 0.1) is 23.8 Å². The number of fused-ring (bicyclic) bond motifs is 3. The van der Waals surface area contributed by atoms with E-state index < -0.39 is 0 Å². The second-order valence-electron chi connectivity index (χ2n) is 5.94. The topological polar surface area (TPSA) is 114 Å². The predicted octanol–water partition coefficient (Wildman–Crippen LogP) is 4.35. The van der Waals surface area contributed by atoms with Crippen molar-refractivity contribution < 1.29 is 0 Å². The van der Waals surface area contributed by atoms with Gasteiger partial charge in [-0.15, -0.1) is 0 Å².